The van der Waals surface area contributed by atoms with E-state index in [1.807, 2.05) is 26.8 Å². The van der Waals surface area contributed by atoms with Crippen LogP contribution in [-0.2, 0) is 4.79 Å². The summed E-state index contributed by atoms with van der Waals surface area (Å²) >= 11 is 1.60. The molecule has 2 heterocycles. The number of amides is 2. The van der Waals surface area contributed by atoms with E-state index in [4.69, 9.17) is 0 Å². The summed E-state index contributed by atoms with van der Waals surface area (Å²) in [4.78, 5) is 30.6. The van der Waals surface area contributed by atoms with Gasteiger partial charge >= 0.3 is 0 Å². The molecule has 1 fully saturated rings. The van der Waals surface area contributed by atoms with E-state index < -0.39 is 6.04 Å². The van der Waals surface area contributed by atoms with E-state index in [1.165, 1.54) is 0 Å². The maximum Gasteiger partial charge on any atom is 0.256 e. The Balaban J connectivity index is 2.09. The molecule has 1 aromatic heterocycles. The zero-order chi connectivity index (χ0) is 15.4. The molecule has 1 aliphatic rings. The fraction of sp³-hybridized carbons (Fsp3) is 0.533. The van der Waals surface area contributed by atoms with E-state index in [1.54, 1.807) is 28.9 Å². The molecule has 0 spiro atoms. The molecular formula is C15H21N3O2S. The number of aryl methyl sites for hydroxylation is 1. The predicted molar refractivity (Wildman–Crippen MR) is 84.2 cm³/mol. The average molecular weight is 307 g/mol. The topological polar surface area (TPSA) is 62.3 Å². The molecule has 0 unspecified atom stereocenters. The van der Waals surface area contributed by atoms with Crippen LogP contribution in [0.3, 0.4) is 0 Å². The summed E-state index contributed by atoms with van der Waals surface area (Å²) in [5, 5.41) is 2.96. The zero-order valence-corrected chi connectivity index (χ0v) is 13.4. The first-order valence-corrected chi connectivity index (χ1v) is 8.30. The van der Waals surface area contributed by atoms with Crippen molar-refractivity contribution >= 4 is 23.6 Å². The first-order chi connectivity index (χ1) is 10.0. The molecule has 0 aliphatic carbocycles. The van der Waals surface area contributed by atoms with Gasteiger partial charge in [0.2, 0.25) is 5.91 Å². The van der Waals surface area contributed by atoms with Crippen molar-refractivity contribution in [3.8, 4) is 0 Å². The molecule has 0 radical (unpaired) electrons. The maximum atomic E-state index is 12.5. The van der Waals surface area contributed by atoms with Crippen molar-refractivity contribution in [2.45, 2.75) is 39.3 Å². The Labute approximate surface area is 129 Å². The van der Waals surface area contributed by atoms with Crippen molar-refractivity contribution in [2.24, 2.45) is 0 Å². The first-order valence-electron chi connectivity index (χ1n) is 7.14. The summed E-state index contributed by atoms with van der Waals surface area (Å²) in [6.45, 7) is 5.87. The monoisotopic (exact) mass is 307 g/mol. The summed E-state index contributed by atoms with van der Waals surface area (Å²) in [6.07, 6.45) is 2.45. The largest absolute Gasteiger partial charge is 0.352 e. The van der Waals surface area contributed by atoms with Gasteiger partial charge in [-0.15, -0.1) is 11.8 Å². The van der Waals surface area contributed by atoms with Crippen molar-refractivity contribution in [3.63, 3.8) is 0 Å². The molecule has 1 saturated heterocycles. The highest BCUT2D eigenvalue weighted by Gasteiger charge is 2.35. The van der Waals surface area contributed by atoms with Crippen molar-refractivity contribution in [3.05, 3.63) is 29.6 Å². The summed E-state index contributed by atoms with van der Waals surface area (Å²) in [6, 6.07) is 3.31. The van der Waals surface area contributed by atoms with Gasteiger partial charge in [-0.05, 0) is 32.4 Å². The van der Waals surface area contributed by atoms with E-state index in [2.05, 4.69) is 10.3 Å². The van der Waals surface area contributed by atoms with Crippen LogP contribution in [-0.4, -0.2) is 45.4 Å². The van der Waals surface area contributed by atoms with Crippen LogP contribution in [0.2, 0.25) is 0 Å². The van der Waals surface area contributed by atoms with Gasteiger partial charge in [0.25, 0.3) is 5.91 Å². The highest BCUT2D eigenvalue weighted by Crippen LogP contribution is 2.23. The highest BCUT2D eigenvalue weighted by atomic mass is 32.2. The van der Waals surface area contributed by atoms with Crippen LogP contribution >= 0.6 is 11.8 Å². The lowest BCUT2D eigenvalue weighted by Gasteiger charge is -2.24. The fourth-order valence-corrected chi connectivity index (χ4v) is 3.22. The molecule has 21 heavy (non-hydrogen) atoms. The molecule has 1 N–H and O–H groups in total. The van der Waals surface area contributed by atoms with Crippen molar-refractivity contribution in [1.82, 2.24) is 15.2 Å². The Kier molecular flexibility index (Phi) is 5.22. The maximum absolute atomic E-state index is 12.5. The van der Waals surface area contributed by atoms with Crippen molar-refractivity contribution in [2.75, 3.05) is 11.6 Å². The molecular weight excluding hydrogens is 286 g/mol. The van der Waals surface area contributed by atoms with Crippen LogP contribution in [0.15, 0.2) is 18.3 Å². The van der Waals surface area contributed by atoms with E-state index in [-0.39, 0.29) is 17.9 Å². The molecule has 1 aliphatic heterocycles. The van der Waals surface area contributed by atoms with Gasteiger partial charge in [0.1, 0.15) is 6.04 Å². The van der Waals surface area contributed by atoms with Gasteiger partial charge in [-0.2, -0.15) is 0 Å². The number of thioether (sulfide) groups is 1. The summed E-state index contributed by atoms with van der Waals surface area (Å²) in [5.41, 5.74) is 1.40. The third-order valence-electron chi connectivity index (χ3n) is 3.61. The second kappa shape index (κ2) is 6.93. The number of rotatable bonds is 4. The van der Waals surface area contributed by atoms with Crippen LogP contribution in [0, 0.1) is 6.92 Å². The summed E-state index contributed by atoms with van der Waals surface area (Å²) in [7, 11) is 0. The first kappa shape index (κ1) is 15.8. The van der Waals surface area contributed by atoms with Gasteiger partial charge in [0, 0.05) is 23.7 Å². The molecule has 6 heteroatoms. The summed E-state index contributed by atoms with van der Waals surface area (Å²) < 4.78 is 0. The van der Waals surface area contributed by atoms with Crippen LogP contribution in [0.1, 0.15) is 36.3 Å². The van der Waals surface area contributed by atoms with E-state index in [0.717, 1.165) is 12.1 Å². The van der Waals surface area contributed by atoms with Gasteiger partial charge in [-0.1, -0.05) is 6.92 Å². The smallest absolute Gasteiger partial charge is 0.256 e. The van der Waals surface area contributed by atoms with E-state index in [9.17, 15) is 9.59 Å². The quantitative estimate of drug-likeness (QED) is 0.921. The van der Waals surface area contributed by atoms with Crippen molar-refractivity contribution in [1.29, 1.82) is 0 Å². The molecule has 2 atom stereocenters. The Morgan fingerprint density at radius 1 is 1.52 bits per heavy atom. The number of nitrogens with zero attached hydrogens (tertiary/aromatic N) is 2. The van der Waals surface area contributed by atoms with E-state index in [0.29, 0.717) is 17.2 Å². The lowest BCUT2D eigenvalue weighted by molar-refractivity contribution is -0.125. The summed E-state index contributed by atoms with van der Waals surface area (Å²) in [5.74, 6) is 0.998. The Morgan fingerprint density at radius 3 is 2.90 bits per heavy atom. The van der Waals surface area contributed by atoms with Crippen LogP contribution in [0.25, 0.3) is 0 Å². The molecule has 114 valence electrons. The SMILES string of the molecule is CC[C@@H](C)NC(=O)[C@H]1CSCN1C(=O)c1ccc(C)nc1. The second-order valence-corrected chi connectivity index (χ2v) is 6.30. The van der Waals surface area contributed by atoms with Crippen LogP contribution < -0.4 is 5.32 Å². The minimum Gasteiger partial charge on any atom is -0.352 e. The Bertz CT molecular complexity index is 518. The molecule has 0 bridgehead atoms. The van der Waals surface area contributed by atoms with Crippen LogP contribution in [0.5, 0.6) is 0 Å². The number of aromatic nitrogens is 1. The van der Waals surface area contributed by atoms with Gasteiger partial charge in [0.05, 0.1) is 11.4 Å². The molecule has 1 aromatic rings. The average Bonchev–Trinajstić information content (AvgIpc) is 2.96. The Morgan fingerprint density at radius 2 is 2.29 bits per heavy atom. The second-order valence-electron chi connectivity index (χ2n) is 5.30. The highest BCUT2D eigenvalue weighted by molar-refractivity contribution is 7.99. The number of hydrogen-bond acceptors (Lipinski definition) is 4. The van der Waals surface area contributed by atoms with Gasteiger partial charge in [-0.3, -0.25) is 14.6 Å². The van der Waals surface area contributed by atoms with Gasteiger partial charge < -0.3 is 10.2 Å². The lowest BCUT2D eigenvalue weighted by Crippen LogP contribution is -2.49. The Hall–Kier alpha value is -1.56. The number of nitrogens with one attached hydrogen (secondary N) is 1. The van der Waals surface area contributed by atoms with Gasteiger partial charge in [0.15, 0.2) is 0 Å². The molecule has 2 amide bonds. The third kappa shape index (κ3) is 3.75. The third-order valence-corrected chi connectivity index (χ3v) is 4.62. The predicted octanol–water partition coefficient (Wildman–Crippen LogP) is 1.82. The fourth-order valence-electron chi connectivity index (χ4n) is 2.06. The minimum atomic E-state index is -0.391. The number of pyridine rings is 1. The van der Waals surface area contributed by atoms with Crippen molar-refractivity contribution < 1.29 is 9.59 Å². The number of carbonyl (C=O) groups excluding carboxylic acids is 2. The molecule has 0 saturated carbocycles. The normalized spacial score (nSPS) is 19.4. The standard InChI is InChI=1S/C15H21N3O2S/c1-4-10(2)17-14(19)13-8-21-9-18(13)15(20)12-6-5-11(3)16-7-12/h5-7,10,13H,4,8-9H2,1-3H3,(H,17,19)/t10-,13-/m1/s1. The van der Waals surface area contributed by atoms with Gasteiger partial charge in [-0.25, -0.2) is 0 Å². The molecule has 5 nitrogen and oxygen atoms in total. The minimum absolute atomic E-state index is 0.0669. The van der Waals surface area contributed by atoms with Crippen LogP contribution in [0.4, 0.5) is 0 Å². The number of hydrogen-bond donors (Lipinski definition) is 1. The number of carbonyl (C=O) groups is 2. The molecule has 0 aromatic carbocycles. The lowest BCUT2D eigenvalue weighted by atomic mass is 10.2. The molecule has 2 rings (SSSR count). The van der Waals surface area contributed by atoms with E-state index >= 15 is 0 Å². The zero-order valence-electron chi connectivity index (χ0n) is 12.6.